The van der Waals surface area contributed by atoms with Gasteiger partial charge in [0, 0.05) is 38.6 Å². The lowest BCUT2D eigenvalue weighted by Gasteiger charge is -2.20. The van der Waals surface area contributed by atoms with Crippen LogP contribution in [0.25, 0.3) is 0 Å². The summed E-state index contributed by atoms with van der Waals surface area (Å²) in [5.41, 5.74) is 1.46. The van der Waals surface area contributed by atoms with Crippen molar-refractivity contribution >= 4 is 5.91 Å². The Hall–Kier alpha value is -2.30. The van der Waals surface area contributed by atoms with Crippen LogP contribution in [0.2, 0.25) is 0 Å². The lowest BCUT2D eigenvalue weighted by atomic mass is 10.2. The van der Waals surface area contributed by atoms with Gasteiger partial charge in [0.15, 0.2) is 0 Å². The van der Waals surface area contributed by atoms with E-state index in [1.807, 2.05) is 19.1 Å². The lowest BCUT2D eigenvalue weighted by molar-refractivity contribution is 0.0746. The van der Waals surface area contributed by atoms with Gasteiger partial charge in [-0.3, -0.25) is 14.8 Å². The molecule has 0 saturated carbocycles. The maximum atomic E-state index is 12.3. The minimum atomic E-state index is -0.189. The van der Waals surface area contributed by atoms with Crippen molar-refractivity contribution < 1.29 is 4.79 Å². The first kappa shape index (κ1) is 13.1. The van der Waals surface area contributed by atoms with E-state index in [0.29, 0.717) is 13.1 Å². The topological polar surface area (TPSA) is 59.0 Å². The van der Waals surface area contributed by atoms with Crippen molar-refractivity contribution in [3.63, 3.8) is 0 Å². The van der Waals surface area contributed by atoms with Crippen LogP contribution in [0, 0.1) is 6.92 Å². The minimum Gasteiger partial charge on any atom is -0.333 e. The summed E-state index contributed by atoms with van der Waals surface area (Å²) in [5, 5.41) is 0. The van der Waals surface area contributed by atoms with E-state index in [0.717, 1.165) is 5.56 Å². The molecule has 2 aromatic rings. The monoisotopic (exact) mass is 254 g/mol. The molecule has 0 N–H and O–H groups in total. The third kappa shape index (κ3) is 3.34. The third-order valence-electron chi connectivity index (χ3n) is 2.64. The van der Waals surface area contributed by atoms with Gasteiger partial charge in [-0.15, -0.1) is 0 Å². The summed E-state index contributed by atoms with van der Waals surface area (Å²) < 4.78 is 0. The molecule has 0 fully saturated rings. The fourth-order valence-corrected chi connectivity index (χ4v) is 1.69. The van der Waals surface area contributed by atoms with Crippen molar-refractivity contribution in [1.82, 2.24) is 19.9 Å². The first-order chi connectivity index (χ1) is 9.20. The van der Waals surface area contributed by atoms with Gasteiger partial charge in [-0.2, -0.15) is 0 Å². The van der Waals surface area contributed by atoms with Crippen molar-refractivity contribution in [1.29, 1.82) is 0 Å². The van der Waals surface area contributed by atoms with E-state index in [4.69, 9.17) is 6.92 Å². The molecule has 0 bridgehead atoms. The highest BCUT2D eigenvalue weighted by molar-refractivity contribution is 5.92. The molecule has 0 saturated heterocycles. The molecule has 2 radical (unpaired) electrons. The van der Waals surface area contributed by atoms with Gasteiger partial charge in [0.05, 0.1) is 11.9 Å². The SMILES string of the molecule is [CH]c1cncc(C(=O)N(CC)Cc2cccnc2)n1. The van der Waals surface area contributed by atoms with Gasteiger partial charge in [0.1, 0.15) is 5.69 Å². The highest BCUT2D eigenvalue weighted by Crippen LogP contribution is 2.07. The van der Waals surface area contributed by atoms with Gasteiger partial charge >= 0.3 is 0 Å². The van der Waals surface area contributed by atoms with E-state index in [1.165, 1.54) is 12.4 Å². The van der Waals surface area contributed by atoms with Crippen LogP contribution in [0.3, 0.4) is 0 Å². The van der Waals surface area contributed by atoms with E-state index >= 15 is 0 Å². The number of amides is 1. The zero-order chi connectivity index (χ0) is 13.7. The molecule has 0 aromatic carbocycles. The summed E-state index contributed by atoms with van der Waals surface area (Å²) in [5.74, 6) is -0.189. The van der Waals surface area contributed by atoms with Crippen LogP contribution in [0.1, 0.15) is 28.7 Å². The van der Waals surface area contributed by atoms with Crippen LogP contribution < -0.4 is 0 Å². The Morgan fingerprint density at radius 3 is 2.79 bits per heavy atom. The predicted molar refractivity (Wildman–Crippen MR) is 70.1 cm³/mol. The van der Waals surface area contributed by atoms with Crippen molar-refractivity contribution in [2.24, 2.45) is 0 Å². The smallest absolute Gasteiger partial charge is 0.274 e. The van der Waals surface area contributed by atoms with Crippen LogP contribution in [-0.2, 0) is 6.54 Å². The molecule has 1 amide bonds. The number of hydrogen-bond acceptors (Lipinski definition) is 4. The van der Waals surface area contributed by atoms with Crippen molar-refractivity contribution in [3.8, 4) is 0 Å². The molecule has 0 unspecified atom stereocenters. The van der Waals surface area contributed by atoms with Crippen molar-refractivity contribution in [3.05, 3.63) is 60.8 Å². The molecule has 19 heavy (non-hydrogen) atoms. The molecule has 5 heteroatoms. The molecule has 2 aromatic heterocycles. The van der Waals surface area contributed by atoms with Gasteiger partial charge in [-0.05, 0) is 18.6 Å². The highest BCUT2D eigenvalue weighted by atomic mass is 16.2. The Bertz CT molecular complexity index is 556. The van der Waals surface area contributed by atoms with Gasteiger partial charge < -0.3 is 4.90 Å². The molecule has 0 aliphatic heterocycles. The van der Waals surface area contributed by atoms with Crippen LogP contribution in [0.5, 0.6) is 0 Å². The summed E-state index contributed by atoms with van der Waals surface area (Å²) in [6.45, 7) is 8.51. The van der Waals surface area contributed by atoms with Crippen molar-refractivity contribution in [2.45, 2.75) is 13.5 Å². The average molecular weight is 254 g/mol. The highest BCUT2D eigenvalue weighted by Gasteiger charge is 2.16. The summed E-state index contributed by atoms with van der Waals surface area (Å²) in [6, 6.07) is 3.77. The Kier molecular flexibility index (Phi) is 4.18. The minimum absolute atomic E-state index is 0.189. The Morgan fingerprint density at radius 2 is 2.16 bits per heavy atom. The van der Waals surface area contributed by atoms with Gasteiger partial charge in [-0.1, -0.05) is 6.07 Å². The van der Waals surface area contributed by atoms with Crippen LogP contribution in [-0.4, -0.2) is 32.3 Å². The normalized spacial score (nSPS) is 10.2. The predicted octanol–water partition coefficient (Wildman–Crippen LogP) is 1.59. The molecule has 96 valence electrons. The second kappa shape index (κ2) is 6.04. The molecule has 2 rings (SSSR count). The number of nitrogens with zero attached hydrogens (tertiary/aromatic N) is 4. The first-order valence-electron chi connectivity index (χ1n) is 5.96. The summed E-state index contributed by atoms with van der Waals surface area (Å²) >= 11 is 0. The molecule has 0 aliphatic rings. The molecule has 0 spiro atoms. The number of rotatable bonds is 4. The van der Waals surface area contributed by atoms with E-state index in [1.54, 1.807) is 17.3 Å². The van der Waals surface area contributed by atoms with Gasteiger partial charge in [0.2, 0.25) is 0 Å². The summed E-state index contributed by atoms with van der Waals surface area (Å²) in [4.78, 5) is 25.9. The first-order valence-corrected chi connectivity index (χ1v) is 5.96. The Labute approximate surface area is 112 Å². The fourth-order valence-electron chi connectivity index (χ4n) is 1.69. The van der Waals surface area contributed by atoms with Gasteiger partial charge in [0.25, 0.3) is 5.91 Å². The molecular weight excluding hydrogens is 240 g/mol. The number of hydrogen-bond donors (Lipinski definition) is 0. The Morgan fingerprint density at radius 1 is 1.32 bits per heavy atom. The van der Waals surface area contributed by atoms with E-state index in [2.05, 4.69) is 15.0 Å². The summed E-state index contributed by atoms with van der Waals surface area (Å²) in [6.07, 6.45) is 6.27. The molecule has 0 aliphatic carbocycles. The maximum absolute atomic E-state index is 12.3. The molecule has 5 nitrogen and oxygen atoms in total. The number of carbonyl (C=O) groups is 1. The van der Waals surface area contributed by atoms with Crippen molar-refractivity contribution in [2.75, 3.05) is 6.54 Å². The zero-order valence-corrected chi connectivity index (χ0v) is 10.7. The molecule has 0 atom stereocenters. The fraction of sp³-hybridized carbons (Fsp3) is 0.214. The van der Waals surface area contributed by atoms with Crippen LogP contribution >= 0.6 is 0 Å². The molecular formula is C14H14N4O. The van der Waals surface area contributed by atoms with Crippen LogP contribution in [0.4, 0.5) is 0 Å². The van der Waals surface area contributed by atoms with E-state index < -0.39 is 0 Å². The lowest BCUT2D eigenvalue weighted by Crippen LogP contribution is -2.31. The number of aromatic nitrogens is 3. The molecule has 2 heterocycles. The van der Waals surface area contributed by atoms with Gasteiger partial charge in [-0.25, -0.2) is 4.98 Å². The summed E-state index contributed by atoms with van der Waals surface area (Å²) in [7, 11) is 0. The maximum Gasteiger partial charge on any atom is 0.274 e. The largest absolute Gasteiger partial charge is 0.333 e. The Balaban J connectivity index is 2.16. The van der Waals surface area contributed by atoms with E-state index in [-0.39, 0.29) is 17.3 Å². The second-order valence-corrected chi connectivity index (χ2v) is 4.01. The number of pyridine rings is 1. The second-order valence-electron chi connectivity index (χ2n) is 4.01. The standard InChI is InChI=1S/C14H14N4O/c1-3-18(10-12-5-4-6-15-8-12)14(19)13-9-16-7-11(2)17-13/h2,4-9H,3,10H2,1H3. The van der Waals surface area contributed by atoms with E-state index in [9.17, 15) is 4.79 Å². The number of carbonyl (C=O) groups excluding carboxylic acids is 1. The van der Waals surface area contributed by atoms with Crippen LogP contribution in [0.15, 0.2) is 36.9 Å². The quantitative estimate of drug-likeness (QED) is 0.831. The zero-order valence-electron chi connectivity index (χ0n) is 10.7. The third-order valence-corrected chi connectivity index (χ3v) is 2.64. The average Bonchev–Trinajstić information content (AvgIpc) is 2.45.